The topological polar surface area (TPSA) is 72.0 Å². The number of pyridine rings is 1. The summed E-state index contributed by atoms with van der Waals surface area (Å²) in [5.41, 5.74) is 0.786. The first kappa shape index (κ1) is 19.7. The van der Waals surface area contributed by atoms with E-state index in [1.54, 1.807) is 23.1 Å². The van der Waals surface area contributed by atoms with E-state index in [1.807, 2.05) is 36.4 Å². The quantitative estimate of drug-likeness (QED) is 0.687. The van der Waals surface area contributed by atoms with Gasteiger partial charge >= 0.3 is 0 Å². The minimum Gasteiger partial charge on any atom is -0.497 e. The molecule has 1 aromatic heterocycles. The van der Waals surface area contributed by atoms with Crippen molar-refractivity contribution in [2.75, 3.05) is 31.6 Å². The van der Waals surface area contributed by atoms with Crippen molar-refractivity contribution in [3.05, 3.63) is 47.1 Å². The van der Waals surface area contributed by atoms with E-state index < -0.39 is 0 Å². The first-order valence-corrected chi connectivity index (χ1v) is 10.3. The Kier molecular flexibility index (Phi) is 5.71. The molecule has 152 valence electrons. The van der Waals surface area contributed by atoms with Gasteiger partial charge in [-0.2, -0.15) is 0 Å². The molecule has 2 saturated heterocycles. The van der Waals surface area contributed by atoms with Gasteiger partial charge in [0.1, 0.15) is 11.9 Å². The fourth-order valence-corrected chi connectivity index (χ4v) is 4.13. The summed E-state index contributed by atoms with van der Waals surface area (Å²) in [6, 6.07) is 11.0. The number of methoxy groups -OCH3 is 1. The molecular formula is C21H22BrN3O4. The number of benzene rings is 1. The van der Waals surface area contributed by atoms with Gasteiger partial charge < -0.3 is 19.3 Å². The van der Waals surface area contributed by atoms with E-state index in [-0.39, 0.29) is 30.3 Å². The summed E-state index contributed by atoms with van der Waals surface area (Å²) in [4.78, 5) is 33.2. The summed E-state index contributed by atoms with van der Waals surface area (Å²) in [6.07, 6.45) is 2.56. The Balaban J connectivity index is 1.36. The predicted octanol–water partition coefficient (Wildman–Crippen LogP) is 2.89. The number of amides is 2. The highest BCUT2D eigenvalue weighted by molar-refractivity contribution is 9.10. The van der Waals surface area contributed by atoms with Crippen molar-refractivity contribution in [1.29, 1.82) is 0 Å². The molecule has 2 aliphatic heterocycles. The van der Waals surface area contributed by atoms with Crippen LogP contribution in [0.15, 0.2) is 47.1 Å². The van der Waals surface area contributed by atoms with Gasteiger partial charge in [0.25, 0.3) is 0 Å². The molecule has 0 spiro atoms. The van der Waals surface area contributed by atoms with Gasteiger partial charge in [0.15, 0.2) is 0 Å². The number of halogens is 1. The molecule has 8 heteroatoms. The molecule has 0 bridgehead atoms. The fourth-order valence-electron chi connectivity index (χ4n) is 3.78. The second-order valence-corrected chi connectivity index (χ2v) is 8.06. The summed E-state index contributed by atoms with van der Waals surface area (Å²) >= 11 is 3.43. The lowest BCUT2D eigenvalue weighted by atomic mass is 10.1. The number of rotatable bonds is 5. The van der Waals surface area contributed by atoms with E-state index in [4.69, 9.17) is 9.47 Å². The Bertz CT molecular complexity index is 905. The van der Waals surface area contributed by atoms with E-state index in [0.29, 0.717) is 25.5 Å². The van der Waals surface area contributed by atoms with E-state index >= 15 is 0 Å². The third-order valence-corrected chi connectivity index (χ3v) is 5.92. The molecule has 2 unspecified atom stereocenters. The normalized spacial score (nSPS) is 21.5. The Morgan fingerprint density at radius 1 is 1.21 bits per heavy atom. The molecule has 7 nitrogen and oxygen atoms in total. The summed E-state index contributed by atoms with van der Waals surface area (Å²) in [5.74, 6) is 0.924. The molecule has 2 fully saturated rings. The smallest absolute Gasteiger partial charge is 0.228 e. The molecule has 0 saturated carbocycles. The molecule has 3 heterocycles. The van der Waals surface area contributed by atoms with Gasteiger partial charge in [-0.3, -0.25) is 9.59 Å². The van der Waals surface area contributed by atoms with Crippen LogP contribution in [0.3, 0.4) is 0 Å². The van der Waals surface area contributed by atoms with Gasteiger partial charge in [0.2, 0.25) is 17.7 Å². The van der Waals surface area contributed by atoms with E-state index in [0.717, 1.165) is 22.3 Å². The molecule has 2 aromatic rings. The Morgan fingerprint density at radius 2 is 2.00 bits per heavy atom. The van der Waals surface area contributed by atoms with E-state index in [2.05, 4.69) is 20.9 Å². The van der Waals surface area contributed by atoms with Gasteiger partial charge in [-0.05, 0) is 52.3 Å². The largest absolute Gasteiger partial charge is 0.497 e. The Labute approximate surface area is 177 Å². The van der Waals surface area contributed by atoms with Crippen molar-refractivity contribution in [3.63, 3.8) is 0 Å². The lowest BCUT2D eigenvalue weighted by Crippen LogP contribution is -2.37. The van der Waals surface area contributed by atoms with Crippen molar-refractivity contribution in [2.45, 2.75) is 18.9 Å². The SMILES string of the molecule is COc1ccc(N2CC(C(=O)N3CCC(Oc4ncccc4Br)C3)CC2=O)cc1. The lowest BCUT2D eigenvalue weighted by molar-refractivity contribution is -0.135. The predicted molar refractivity (Wildman–Crippen MR) is 111 cm³/mol. The average molecular weight is 460 g/mol. The van der Waals surface area contributed by atoms with Crippen molar-refractivity contribution >= 4 is 33.4 Å². The van der Waals surface area contributed by atoms with Crippen molar-refractivity contribution in [2.24, 2.45) is 5.92 Å². The van der Waals surface area contributed by atoms with Crippen LogP contribution in [0.4, 0.5) is 5.69 Å². The Morgan fingerprint density at radius 3 is 2.72 bits per heavy atom. The van der Waals surface area contributed by atoms with Gasteiger partial charge in [0, 0.05) is 37.8 Å². The summed E-state index contributed by atoms with van der Waals surface area (Å²) in [6.45, 7) is 1.54. The molecular weight excluding hydrogens is 438 g/mol. The summed E-state index contributed by atoms with van der Waals surface area (Å²) < 4.78 is 11.9. The van der Waals surface area contributed by atoms with Crippen LogP contribution in [0, 0.1) is 5.92 Å². The molecule has 0 aliphatic carbocycles. The molecule has 2 aliphatic rings. The number of nitrogens with zero attached hydrogens (tertiary/aromatic N) is 3. The zero-order valence-electron chi connectivity index (χ0n) is 16.1. The zero-order chi connectivity index (χ0) is 20.4. The number of carbonyl (C=O) groups is 2. The minimum atomic E-state index is -0.329. The number of hydrogen-bond acceptors (Lipinski definition) is 5. The summed E-state index contributed by atoms with van der Waals surface area (Å²) in [7, 11) is 1.60. The maximum atomic E-state index is 13.0. The van der Waals surface area contributed by atoms with Crippen LogP contribution in [-0.4, -0.2) is 54.5 Å². The highest BCUT2D eigenvalue weighted by atomic mass is 79.9. The molecule has 2 atom stereocenters. The van der Waals surface area contributed by atoms with Crippen molar-refractivity contribution < 1.29 is 19.1 Å². The van der Waals surface area contributed by atoms with Crippen molar-refractivity contribution in [1.82, 2.24) is 9.88 Å². The fraction of sp³-hybridized carbons (Fsp3) is 0.381. The number of anilines is 1. The maximum Gasteiger partial charge on any atom is 0.228 e. The third-order valence-electron chi connectivity index (χ3n) is 5.32. The number of likely N-dealkylation sites (tertiary alicyclic amines) is 1. The van der Waals surface area contributed by atoms with E-state index in [9.17, 15) is 9.59 Å². The first-order valence-electron chi connectivity index (χ1n) is 9.55. The molecule has 0 radical (unpaired) electrons. The highest BCUT2D eigenvalue weighted by Gasteiger charge is 2.39. The van der Waals surface area contributed by atoms with Crippen LogP contribution in [0.1, 0.15) is 12.8 Å². The van der Waals surface area contributed by atoms with E-state index in [1.165, 1.54) is 0 Å². The number of aromatic nitrogens is 1. The van der Waals surface area contributed by atoms with Crippen LogP contribution >= 0.6 is 15.9 Å². The second kappa shape index (κ2) is 8.41. The van der Waals surface area contributed by atoms with Crippen molar-refractivity contribution in [3.8, 4) is 11.6 Å². The van der Waals surface area contributed by atoms with Gasteiger partial charge in [-0.25, -0.2) is 4.98 Å². The van der Waals surface area contributed by atoms with Crippen LogP contribution in [0.25, 0.3) is 0 Å². The van der Waals surface area contributed by atoms with Gasteiger partial charge in [-0.1, -0.05) is 0 Å². The summed E-state index contributed by atoms with van der Waals surface area (Å²) in [5, 5.41) is 0. The average Bonchev–Trinajstić information content (AvgIpc) is 3.36. The third kappa shape index (κ3) is 4.22. The van der Waals surface area contributed by atoms with Crippen LogP contribution in [-0.2, 0) is 9.59 Å². The monoisotopic (exact) mass is 459 g/mol. The molecule has 4 rings (SSSR count). The zero-order valence-corrected chi connectivity index (χ0v) is 17.7. The van der Waals surface area contributed by atoms with Crippen LogP contribution in [0.5, 0.6) is 11.6 Å². The Hall–Kier alpha value is -2.61. The molecule has 0 N–H and O–H groups in total. The standard InChI is InChI=1S/C21H22BrN3O4/c1-28-16-6-4-15(5-7-16)25-12-14(11-19(25)26)21(27)24-10-8-17(13-24)29-20-18(22)3-2-9-23-20/h2-7,9,14,17H,8,10-13H2,1H3. The molecule has 1 aromatic carbocycles. The van der Waals surface area contributed by atoms with Gasteiger partial charge in [-0.15, -0.1) is 0 Å². The van der Waals surface area contributed by atoms with Crippen LogP contribution < -0.4 is 14.4 Å². The number of hydrogen-bond donors (Lipinski definition) is 0. The molecule has 29 heavy (non-hydrogen) atoms. The number of ether oxygens (including phenoxy) is 2. The lowest BCUT2D eigenvalue weighted by Gasteiger charge is -2.21. The molecule has 2 amide bonds. The maximum absolute atomic E-state index is 13.0. The first-order chi connectivity index (χ1) is 14.0. The second-order valence-electron chi connectivity index (χ2n) is 7.21. The number of carbonyl (C=O) groups excluding carboxylic acids is 2. The highest BCUT2D eigenvalue weighted by Crippen LogP contribution is 2.30. The minimum absolute atomic E-state index is 0.0144. The van der Waals surface area contributed by atoms with Crippen LogP contribution in [0.2, 0.25) is 0 Å². The van der Waals surface area contributed by atoms with Gasteiger partial charge in [0.05, 0.1) is 24.0 Å².